The van der Waals surface area contributed by atoms with Gasteiger partial charge in [-0.3, -0.25) is 0 Å². The van der Waals surface area contributed by atoms with Gasteiger partial charge in [-0.15, -0.1) is 0 Å². The molecule has 0 aliphatic rings. The number of hydrogen-bond acceptors (Lipinski definition) is 3. The molecule has 0 bridgehead atoms. The molecule has 0 amide bonds. The maximum atomic E-state index is 6.01. The van der Waals surface area contributed by atoms with Gasteiger partial charge in [0.15, 0.2) is 0 Å². The summed E-state index contributed by atoms with van der Waals surface area (Å²) >= 11 is 0. The molecule has 0 atom stereocenters. The van der Waals surface area contributed by atoms with Crippen LogP contribution in [0.5, 0.6) is 11.5 Å². The minimum absolute atomic E-state index is 0.736. The maximum absolute atomic E-state index is 6.01. The van der Waals surface area contributed by atoms with Crippen LogP contribution < -0.4 is 15.2 Å². The Kier molecular flexibility index (Phi) is 4.43. The van der Waals surface area contributed by atoms with E-state index in [1.165, 1.54) is 0 Å². The Morgan fingerprint density at radius 1 is 0.667 bits per heavy atom. The molecule has 2 N–H and O–H groups in total. The zero-order chi connectivity index (χ0) is 18.8. The molecule has 0 saturated heterocycles. The van der Waals surface area contributed by atoms with Gasteiger partial charge < -0.3 is 15.2 Å². The lowest BCUT2D eigenvalue weighted by Gasteiger charge is -2.14. The molecular weight excluding hydrogens is 334 g/mol. The van der Waals surface area contributed by atoms with Crippen LogP contribution in [0, 0.1) is 0 Å². The molecule has 3 nitrogen and oxygen atoms in total. The molecule has 0 saturated carbocycles. The molecule has 0 unspecified atom stereocenters. The van der Waals surface area contributed by atoms with E-state index in [9.17, 15) is 0 Å². The number of benzene rings is 4. The third kappa shape index (κ3) is 3.20. The standard InChI is InChI=1S/C24H21NO2/c1-26-21-8-4-5-16(15-21)17-9-11-22-18(13-17)10-12-23(27-2)24(22)19-6-3-7-20(25)14-19/h3-15H,25H2,1-2H3. The van der Waals surface area contributed by atoms with Crippen molar-refractivity contribution in [2.24, 2.45) is 0 Å². The van der Waals surface area contributed by atoms with Gasteiger partial charge in [0.2, 0.25) is 0 Å². The second-order valence-electron chi connectivity index (χ2n) is 6.44. The van der Waals surface area contributed by atoms with Crippen LogP contribution >= 0.6 is 0 Å². The average molecular weight is 355 g/mol. The van der Waals surface area contributed by atoms with Gasteiger partial charge in [0, 0.05) is 11.3 Å². The third-order valence-electron chi connectivity index (χ3n) is 4.78. The number of rotatable bonds is 4. The summed E-state index contributed by atoms with van der Waals surface area (Å²) in [6, 6.07) is 26.6. The Morgan fingerprint density at radius 3 is 2.22 bits per heavy atom. The zero-order valence-corrected chi connectivity index (χ0v) is 15.4. The molecule has 0 aliphatic heterocycles. The highest BCUT2D eigenvalue weighted by molar-refractivity contribution is 6.01. The van der Waals surface area contributed by atoms with E-state index >= 15 is 0 Å². The summed E-state index contributed by atoms with van der Waals surface area (Å²) in [5, 5.41) is 2.28. The van der Waals surface area contributed by atoms with Crippen LogP contribution in [0.3, 0.4) is 0 Å². The van der Waals surface area contributed by atoms with E-state index in [-0.39, 0.29) is 0 Å². The summed E-state index contributed by atoms with van der Waals surface area (Å²) in [5.74, 6) is 1.69. The van der Waals surface area contributed by atoms with Crippen molar-refractivity contribution in [1.29, 1.82) is 0 Å². The predicted octanol–water partition coefficient (Wildman–Crippen LogP) is 5.77. The summed E-state index contributed by atoms with van der Waals surface area (Å²) in [7, 11) is 3.38. The molecule has 0 aliphatic carbocycles. The Labute approximate surface area is 159 Å². The fraction of sp³-hybridized carbons (Fsp3) is 0.0833. The highest BCUT2D eigenvalue weighted by Crippen LogP contribution is 2.39. The molecule has 3 heteroatoms. The number of fused-ring (bicyclic) bond motifs is 1. The van der Waals surface area contributed by atoms with E-state index in [2.05, 4.69) is 36.4 Å². The van der Waals surface area contributed by atoms with Crippen LogP contribution in [0.25, 0.3) is 33.0 Å². The molecule has 0 aromatic heterocycles. The highest BCUT2D eigenvalue weighted by atomic mass is 16.5. The van der Waals surface area contributed by atoms with Crippen molar-refractivity contribution in [2.45, 2.75) is 0 Å². The average Bonchev–Trinajstić information content (AvgIpc) is 2.72. The van der Waals surface area contributed by atoms with Crippen molar-refractivity contribution < 1.29 is 9.47 Å². The number of methoxy groups -OCH3 is 2. The smallest absolute Gasteiger partial charge is 0.127 e. The molecule has 4 rings (SSSR count). The van der Waals surface area contributed by atoms with Crippen LogP contribution in [0.4, 0.5) is 5.69 Å². The van der Waals surface area contributed by atoms with E-state index in [0.717, 1.165) is 50.2 Å². The molecule has 0 heterocycles. The maximum Gasteiger partial charge on any atom is 0.127 e. The summed E-state index contributed by atoms with van der Waals surface area (Å²) in [5.41, 5.74) is 11.1. The first-order valence-corrected chi connectivity index (χ1v) is 8.80. The Hall–Kier alpha value is -3.46. The van der Waals surface area contributed by atoms with Gasteiger partial charge in [0.05, 0.1) is 14.2 Å². The Morgan fingerprint density at radius 2 is 1.44 bits per heavy atom. The fourth-order valence-corrected chi connectivity index (χ4v) is 3.45. The predicted molar refractivity (Wildman–Crippen MR) is 112 cm³/mol. The zero-order valence-electron chi connectivity index (χ0n) is 15.4. The van der Waals surface area contributed by atoms with E-state index in [1.807, 2.05) is 42.5 Å². The number of nitrogen functional groups attached to an aromatic ring is 1. The second kappa shape index (κ2) is 7.04. The normalized spacial score (nSPS) is 10.7. The van der Waals surface area contributed by atoms with Gasteiger partial charge in [-0.1, -0.05) is 42.5 Å². The van der Waals surface area contributed by atoms with E-state index < -0.39 is 0 Å². The van der Waals surface area contributed by atoms with Gasteiger partial charge in [0.25, 0.3) is 0 Å². The molecule has 27 heavy (non-hydrogen) atoms. The fourth-order valence-electron chi connectivity index (χ4n) is 3.45. The van der Waals surface area contributed by atoms with Crippen molar-refractivity contribution in [2.75, 3.05) is 20.0 Å². The first kappa shape index (κ1) is 17.0. The van der Waals surface area contributed by atoms with Crippen molar-refractivity contribution in [1.82, 2.24) is 0 Å². The quantitative estimate of drug-likeness (QED) is 0.472. The first-order chi connectivity index (χ1) is 13.2. The SMILES string of the molecule is COc1cccc(-c2ccc3c(-c4cccc(N)c4)c(OC)ccc3c2)c1. The third-order valence-corrected chi connectivity index (χ3v) is 4.78. The molecule has 134 valence electrons. The molecule has 0 spiro atoms. The first-order valence-electron chi connectivity index (χ1n) is 8.80. The summed E-state index contributed by atoms with van der Waals surface area (Å²) < 4.78 is 11.0. The number of anilines is 1. The summed E-state index contributed by atoms with van der Waals surface area (Å²) in [4.78, 5) is 0. The van der Waals surface area contributed by atoms with Gasteiger partial charge in [-0.2, -0.15) is 0 Å². The highest BCUT2D eigenvalue weighted by Gasteiger charge is 2.12. The molecule has 0 radical (unpaired) electrons. The molecule has 4 aromatic rings. The van der Waals surface area contributed by atoms with Gasteiger partial charge >= 0.3 is 0 Å². The number of nitrogens with two attached hydrogens (primary N) is 1. The lowest BCUT2D eigenvalue weighted by Crippen LogP contribution is -1.92. The van der Waals surface area contributed by atoms with Crippen molar-refractivity contribution >= 4 is 16.5 Å². The Bertz CT molecular complexity index is 1120. The second-order valence-corrected chi connectivity index (χ2v) is 6.44. The largest absolute Gasteiger partial charge is 0.497 e. The van der Waals surface area contributed by atoms with Crippen LogP contribution in [0.1, 0.15) is 0 Å². The minimum Gasteiger partial charge on any atom is -0.497 e. The lowest BCUT2D eigenvalue weighted by molar-refractivity contribution is 0.415. The number of ether oxygens (including phenoxy) is 2. The van der Waals surface area contributed by atoms with Crippen LogP contribution in [0.2, 0.25) is 0 Å². The van der Waals surface area contributed by atoms with E-state index in [0.29, 0.717) is 0 Å². The number of hydrogen-bond donors (Lipinski definition) is 1. The molecular formula is C24H21NO2. The van der Waals surface area contributed by atoms with Crippen molar-refractivity contribution in [3.05, 3.63) is 78.9 Å². The van der Waals surface area contributed by atoms with Gasteiger partial charge in [0.1, 0.15) is 11.5 Å². The van der Waals surface area contributed by atoms with Gasteiger partial charge in [-0.05, 0) is 63.9 Å². The summed E-state index contributed by atoms with van der Waals surface area (Å²) in [6.45, 7) is 0. The van der Waals surface area contributed by atoms with Crippen LogP contribution in [0.15, 0.2) is 78.9 Å². The van der Waals surface area contributed by atoms with Crippen LogP contribution in [-0.4, -0.2) is 14.2 Å². The minimum atomic E-state index is 0.736. The van der Waals surface area contributed by atoms with Gasteiger partial charge in [-0.25, -0.2) is 0 Å². The topological polar surface area (TPSA) is 44.5 Å². The Balaban J connectivity index is 1.91. The van der Waals surface area contributed by atoms with Crippen molar-refractivity contribution in [3.8, 4) is 33.8 Å². The summed E-state index contributed by atoms with van der Waals surface area (Å²) in [6.07, 6.45) is 0. The monoisotopic (exact) mass is 355 g/mol. The van der Waals surface area contributed by atoms with Crippen LogP contribution in [-0.2, 0) is 0 Å². The van der Waals surface area contributed by atoms with Crippen molar-refractivity contribution in [3.63, 3.8) is 0 Å². The molecule has 4 aromatic carbocycles. The van der Waals surface area contributed by atoms with E-state index in [4.69, 9.17) is 15.2 Å². The lowest BCUT2D eigenvalue weighted by atomic mass is 9.94. The van der Waals surface area contributed by atoms with E-state index in [1.54, 1.807) is 14.2 Å². The molecule has 0 fully saturated rings.